The number of piperidine rings is 1. The maximum absolute atomic E-state index is 5.68. The molecular weight excluding hydrogens is 502 g/mol. The van der Waals surface area contributed by atoms with E-state index in [1.54, 1.807) is 0 Å². The van der Waals surface area contributed by atoms with Gasteiger partial charge in [-0.2, -0.15) is 9.97 Å². The molecule has 0 bridgehead atoms. The van der Waals surface area contributed by atoms with E-state index in [-0.39, 0.29) is 0 Å². The first-order valence-electron chi connectivity index (χ1n) is 14.5. The molecule has 39 heavy (non-hydrogen) atoms. The highest BCUT2D eigenvalue weighted by Gasteiger charge is 2.23. The van der Waals surface area contributed by atoms with Crippen LogP contribution in [0.2, 0.25) is 0 Å². The fourth-order valence-electron chi connectivity index (χ4n) is 6.02. The molecule has 0 radical (unpaired) electrons. The second kappa shape index (κ2) is 11.8. The van der Waals surface area contributed by atoms with E-state index >= 15 is 0 Å². The van der Waals surface area contributed by atoms with Gasteiger partial charge in [0.2, 0.25) is 5.95 Å². The minimum absolute atomic E-state index is 0.540. The molecule has 0 aliphatic carbocycles. The van der Waals surface area contributed by atoms with Crippen LogP contribution in [0.1, 0.15) is 49.3 Å². The quantitative estimate of drug-likeness (QED) is 0.405. The number of fused-ring (bicyclic) bond motifs is 1. The van der Waals surface area contributed by atoms with E-state index in [4.69, 9.17) is 22.2 Å². The Kier molecular flexibility index (Phi) is 7.81. The maximum Gasteiger partial charge on any atom is 0.232 e. The van der Waals surface area contributed by atoms with Crippen LogP contribution < -0.4 is 25.3 Å². The van der Waals surface area contributed by atoms with Gasteiger partial charge in [-0.05, 0) is 79.1 Å². The van der Waals surface area contributed by atoms with Crippen molar-refractivity contribution in [3.05, 3.63) is 71.3 Å². The lowest BCUT2D eigenvalue weighted by Gasteiger charge is -2.34. The van der Waals surface area contributed by atoms with Crippen molar-refractivity contribution in [3.63, 3.8) is 0 Å². The van der Waals surface area contributed by atoms with Gasteiger partial charge in [-0.1, -0.05) is 43.3 Å². The minimum atomic E-state index is 0.540. The largest absolute Gasteiger partial charge is 0.372 e. The van der Waals surface area contributed by atoms with Crippen molar-refractivity contribution in [2.45, 2.75) is 52.1 Å². The van der Waals surface area contributed by atoms with Crippen LogP contribution in [0.5, 0.6) is 0 Å². The van der Waals surface area contributed by atoms with Gasteiger partial charge in [-0.15, -0.1) is 0 Å². The first-order valence-corrected chi connectivity index (χ1v) is 14.9. The van der Waals surface area contributed by atoms with Crippen LogP contribution in [-0.2, 0) is 19.5 Å². The zero-order chi connectivity index (χ0) is 26.6. The topological polar surface area (TPSA) is 59.6 Å². The van der Waals surface area contributed by atoms with E-state index in [0.717, 1.165) is 57.3 Å². The molecule has 1 atom stereocenters. The molecule has 4 heterocycles. The Balaban J connectivity index is 1.16. The lowest BCUT2D eigenvalue weighted by Crippen LogP contribution is -2.36. The summed E-state index contributed by atoms with van der Waals surface area (Å²) >= 11 is 5.68. The van der Waals surface area contributed by atoms with Crippen molar-refractivity contribution in [3.8, 4) is 0 Å². The fraction of sp³-hybridized carbons (Fsp3) is 0.452. The summed E-state index contributed by atoms with van der Waals surface area (Å²) in [5.74, 6) is 3.15. The van der Waals surface area contributed by atoms with Crippen LogP contribution in [-0.4, -0.2) is 47.8 Å². The molecule has 2 N–H and O–H groups in total. The molecule has 7 nitrogen and oxygen atoms in total. The predicted octanol–water partition coefficient (Wildman–Crippen LogP) is 5.36. The Hall–Kier alpha value is -3.39. The highest BCUT2D eigenvalue weighted by Crippen LogP contribution is 2.29. The molecule has 2 fully saturated rings. The number of thiocarbonyl (C=S) groups is 1. The molecular formula is C31H39N7S. The first-order chi connectivity index (χ1) is 19.1. The van der Waals surface area contributed by atoms with Gasteiger partial charge in [-0.3, -0.25) is 0 Å². The monoisotopic (exact) mass is 541 g/mol. The van der Waals surface area contributed by atoms with Gasteiger partial charge in [0, 0.05) is 57.6 Å². The summed E-state index contributed by atoms with van der Waals surface area (Å²) < 4.78 is 0. The summed E-state index contributed by atoms with van der Waals surface area (Å²) in [5.41, 5.74) is 5.32. The number of rotatable bonds is 6. The lowest BCUT2D eigenvalue weighted by atomic mass is 10.00. The number of aromatic nitrogens is 2. The Morgan fingerprint density at radius 1 is 0.872 bits per heavy atom. The second-order valence-corrected chi connectivity index (χ2v) is 11.6. The molecule has 3 aliphatic heterocycles. The normalized spacial score (nSPS) is 19.1. The Morgan fingerprint density at radius 2 is 1.59 bits per heavy atom. The van der Waals surface area contributed by atoms with Gasteiger partial charge >= 0.3 is 0 Å². The molecule has 2 aromatic carbocycles. The van der Waals surface area contributed by atoms with E-state index in [1.807, 2.05) is 0 Å². The van der Waals surface area contributed by atoms with Crippen molar-refractivity contribution < 1.29 is 0 Å². The number of hydrogen-bond acceptors (Lipinski definition) is 6. The van der Waals surface area contributed by atoms with E-state index < -0.39 is 0 Å². The second-order valence-electron chi connectivity index (χ2n) is 11.2. The van der Waals surface area contributed by atoms with Crippen molar-refractivity contribution >= 4 is 40.6 Å². The average molecular weight is 542 g/mol. The SMILES string of the molecule is C[C@H]1CCCN(c2cc(N3CCc4ccccc4C3)nc(NC(=S)NCc3ccc(N4CCCC4)cc3)n2)C1. The fourth-order valence-corrected chi connectivity index (χ4v) is 6.18. The van der Waals surface area contributed by atoms with Crippen molar-refractivity contribution in [2.24, 2.45) is 5.92 Å². The molecule has 6 rings (SSSR count). The van der Waals surface area contributed by atoms with Crippen LogP contribution in [0.3, 0.4) is 0 Å². The van der Waals surface area contributed by atoms with E-state index in [1.165, 1.54) is 48.1 Å². The van der Waals surface area contributed by atoms with Gasteiger partial charge in [0.1, 0.15) is 11.6 Å². The number of hydrogen-bond donors (Lipinski definition) is 2. The third-order valence-electron chi connectivity index (χ3n) is 8.22. The molecule has 0 amide bonds. The summed E-state index contributed by atoms with van der Waals surface area (Å²) in [4.78, 5) is 17.1. The van der Waals surface area contributed by atoms with Crippen molar-refractivity contribution in [1.82, 2.24) is 15.3 Å². The Bertz CT molecular complexity index is 1290. The summed E-state index contributed by atoms with van der Waals surface area (Å²) in [6.07, 6.45) is 6.06. The smallest absolute Gasteiger partial charge is 0.232 e. The lowest BCUT2D eigenvalue weighted by molar-refractivity contribution is 0.444. The molecule has 0 spiro atoms. The van der Waals surface area contributed by atoms with Crippen LogP contribution in [0, 0.1) is 5.92 Å². The molecule has 2 saturated heterocycles. The average Bonchev–Trinajstić information content (AvgIpc) is 3.51. The van der Waals surface area contributed by atoms with Crippen molar-refractivity contribution in [2.75, 3.05) is 52.7 Å². The third-order valence-corrected chi connectivity index (χ3v) is 8.47. The van der Waals surface area contributed by atoms with Gasteiger partial charge < -0.3 is 25.3 Å². The van der Waals surface area contributed by atoms with E-state index in [2.05, 4.69) is 86.9 Å². The van der Waals surface area contributed by atoms with Crippen LogP contribution in [0.4, 0.5) is 23.3 Å². The standard InChI is InChI=1S/C31H39N7S/c1-23-7-6-17-37(21-23)28-19-29(38-18-14-25-8-2-3-9-26(25)22-38)34-30(33-28)35-31(39)32-20-24-10-12-27(13-11-24)36-15-4-5-16-36/h2-3,8-13,19,23H,4-7,14-18,20-22H2,1H3,(H2,32,33,34,35,39)/t23-/m0/s1. The summed E-state index contributed by atoms with van der Waals surface area (Å²) in [5, 5.41) is 7.19. The van der Waals surface area contributed by atoms with Gasteiger partial charge in [0.25, 0.3) is 0 Å². The molecule has 204 valence electrons. The zero-order valence-electron chi connectivity index (χ0n) is 22.9. The summed E-state index contributed by atoms with van der Waals surface area (Å²) in [6, 6.07) is 19.7. The molecule has 3 aromatic rings. The number of benzene rings is 2. The predicted molar refractivity (Wildman–Crippen MR) is 165 cm³/mol. The van der Waals surface area contributed by atoms with Crippen LogP contribution in [0.25, 0.3) is 0 Å². The van der Waals surface area contributed by atoms with Gasteiger partial charge in [0.05, 0.1) is 0 Å². The highest BCUT2D eigenvalue weighted by molar-refractivity contribution is 7.80. The van der Waals surface area contributed by atoms with Gasteiger partial charge in [0.15, 0.2) is 5.11 Å². The number of nitrogens with zero attached hydrogens (tertiary/aromatic N) is 5. The summed E-state index contributed by atoms with van der Waals surface area (Å²) in [7, 11) is 0. The summed E-state index contributed by atoms with van der Waals surface area (Å²) in [6.45, 7) is 9.16. The zero-order valence-corrected chi connectivity index (χ0v) is 23.7. The van der Waals surface area contributed by atoms with Crippen molar-refractivity contribution in [1.29, 1.82) is 0 Å². The Morgan fingerprint density at radius 3 is 2.36 bits per heavy atom. The molecule has 8 heteroatoms. The van der Waals surface area contributed by atoms with Crippen LogP contribution >= 0.6 is 12.2 Å². The van der Waals surface area contributed by atoms with E-state index in [0.29, 0.717) is 23.5 Å². The first kappa shape index (κ1) is 25.9. The van der Waals surface area contributed by atoms with Crippen LogP contribution in [0.15, 0.2) is 54.6 Å². The Labute approximate surface area is 237 Å². The number of anilines is 4. The van der Waals surface area contributed by atoms with Gasteiger partial charge in [-0.25, -0.2) is 0 Å². The third kappa shape index (κ3) is 6.27. The molecule has 1 aromatic heterocycles. The van der Waals surface area contributed by atoms with E-state index in [9.17, 15) is 0 Å². The molecule has 3 aliphatic rings. The molecule has 0 saturated carbocycles. The molecule has 0 unspecified atom stereocenters. The highest BCUT2D eigenvalue weighted by atomic mass is 32.1. The minimum Gasteiger partial charge on any atom is -0.372 e. The number of nitrogens with one attached hydrogen (secondary N) is 2. The maximum atomic E-state index is 5.68.